The van der Waals surface area contributed by atoms with Gasteiger partial charge in [0.05, 0.1) is 17.6 Å². The van der Waals surface area contributed by atoms with Gasteiger partial charge in [-0.05, 0) is 63.4 Å². The molecule has 2 spiro atoms. The lowest BCUT2D eigenvalue weighted by molar-refractivity contribution is -0.156. The maximum absolute atomic E-state index is 14.2. The molecule has 2 aliphatic heterocycles. The fourth-order valence-electron chi connectivity index (χ4n) is 10.2. The van der Waals surface area contributed by atoms with Crippen LogP contribution < -0.4 is 0 Å². The average molecular weight is 597 g/mol. The topological polar surface area (TPSA) is 125 Å². The molecule has 9 heteroatoms. The number of ether oxygens (including phenoxy) is 4. The molecule has 2 saturated carbocycles. The molecule has 2 heterocycles. The van der Waals surface area contributed by atoms with E-state index in [1.807, 2.05) is 0 Å². The normalized spacial score (nSPS) is 43.4. The molecule has 6 rings (SSSR count). The zero-order valence-electron chi connectivity index (χ0n) is 26.1. The van der Waals surface area contributed by atoms with Crippen LogP contribution in [0.4, 0.5) is 0 Å². The van der Waals surface area contributed by atoms with Crippen LogP contribution in [0.25, 0.3) is 0 Å². The Morgan fingerprint density at radius 3 is 2.56 bits per heavy atom. The summed E-state index contributed by atoms with van der Waals surface area (Å²) in [6.45, 7) is 15.2. The lowest BCUT2D eigenvalue weighted by Gasteiger charge is -2.44. The smallest absolute Gasteiger partial charge is 0.334 e. The first-order valence-electron chi connectivity index (χ1n) is 15.7. The number of fused-ring (bicyclic) bond motifs is 5. The highest BCUT2D eigenvalue weighted by Crippen LogP contribution is 2.75. The highest BCUT2D eigenvalue weighted by atomic mass is 16.6. The van der Waals surface area contributed by atoms with Gasteiger partial charge in [0.2, 0.25) is 0 Å². The van der Waals surface area contributed by atoms with Crippen LogP contribution in [0.1, 0.15) is 80.1 Å². The van der Waals surface area contributed by atoms with E-state index in [9.17, 15) is 24.3 Å². The molecule has 43 heavy (non-hydrogen) atoms. The fraction of sp³-hybridized carbons (Fsp3) is 0.706. The molecule has 11 unspecified atom stereocenters. The van der Waals surface area contributed by atoms with E-state index in [4.69, 9.17) is 18.9 Å². The molecule has 0 aromatic carbocycles. The van der Waals surface area contributed by atoms with Crippen molar-refractivity contribution in [3.8, 4) is 0 Å². The van der Waals surface area contributed by atoms with Gasteiger partial charge in [-0.3, -0.25) is 14.4 Å². The Bertz CT molecular complexity index is 1360. The number of rotatable bonds is 6. The molecule has 4 aliphatic carbocycles. The number of hydrogen-bond donors (Lipinski definition) is 1. The average Bonchev–Trinajstić information content (AvgIpc) is 3.48. The SMILES string of the molecule is C=C1C(=O)OC2CC(C)C34CC5(C(=O)OC6CC(C)(O)C(C(C)CCCOC(C)=O)=CC65)C(C(C)=C3CC12)C4OC(C)=O. The molecule has 6 aliphatic rings. The molecule has 9 nitrogen and oxygen atoms in total. The summed E-state index contributed by atoms with van der Waals surface area (Å²) >= 11 is 0. The van der Waals surface area contributed by atoms with Crippen molar-refractivity contribution >= 4 is 23.9 Å². The minimum Gasteiger partial charge on any atom is -0.466 e. The van der Waals surface area contributed by atoms with Crippen LogP contribution >= 0.6 is 0 Å². The summed E-state index contributed by atoms with van der Waals surface area (Å²) in [5.74, 6) is -2.20. The molecule has 0 amide bonds. The summed E-state index contributed by atoms with van der Waals surface area (Å²) in [6.07, 6.45) is 4.07. The molecular weight excluding hydrogens is 552 g/mol. The van der Waals surface area contributed by atoms with E-state index in [-0.39, 0.29) is 66.0 Å². The molecule has 2 saturated heterocycles. The first-order chi connectivity index (χ1) is 20.1. The van der Waals surface area contributed by atoms with Gasteiger partial charge in [0.15, 0.2) is 0 Å². The molecule has 0 aromatic rings. The van der Waals surface area contributed by atoms with Gasteiger partial charge in [0, 0.05) is 49.0 Å². The van der Waals surface area contributed by atoms with Gasteiger partial charge in [0.25, 0.3) is 0 Å². The summed E-state index contributed by atoms with van der Waals surface area (Å²) in [7, 11) is 0. The van der Waals surface area contributed by atoms with Crippen LogP contribution in [0.5, 0.6) is 0 Å². The van der Waals surface area contributed by atoms with Crippen LogP contribution in [-0.4, -0.2) is 59.5 Å². The van der Waals surface area contributed by atoms with Gasteiger partial charge in [-0.2, -0.15) is 0 Å². The second-order valence-electron chi connectivity index (χ2n) is 14.3. The summed E-state index contributed by atoms with van der Waals surface area (Å²) in [5, 5.41) is 11.6. The number of aliphatic hydroxyl groups is 1. The first kappa shape index (κ1) is 30.1. The van der Waals surface area contributed by atoms with Gasteiger partial charge in [-0.15, -0.1) is 0 Å². The van der Waals surface area contributed by atoms with E-state index in [1.165, 1.54) is 13.8 Å². The minimum atomic E-state index is -1.16. The fourth-order valence-corrected chi connectivity index (χ4v) is 10.2. The molecular formula is C34H44O9. The van der Waals surface area contributed by atoms with Gasteiger partial charge < -0.3 is 24.1 Å². The van der Waals surface area contributed by atoms with Crippen molar-refractivity contribution in [2.75, 3.05) is 6.61 Å². The van der Waals surface area contributed by atoms with Crippen molar-refractivity contribution in [1.29, 1.82) is 0 Å². The number of carbonyl (C=O) groups excluding carboxylic acids is 4. The molecule has 234 valence electrons. The largest absolute Gasteiger partial charge is 0.466 e. The summed E-state index contributed by atoms with van der Waals surface area (Å²) in [5.41, 5.74) is 0.848. The standard InChI is InChI=1S/C34H44O9/c1-16(9-8-10-40-20(5)35)23-13-25-27(14-32(23,7)39)43-31(38)34(25)15-33-17(2)11-26-22(18(3)30(37)42-26)12-24(33)19(4)28(34)29(33)41-21(6)36/h13,16-17,22,25-29,39H,3,8-12,14-15H2,1-2,4-7H3. The molecule has 4 fully saturated rings. The molecule has 0 radical (unpaired) electrons. The summed E-state index contributed by atoms with van der Waals surface area (Å²) in [4.78, 5) is 50.5. The third-order valence-electron chi connectivity index (χ3n) is 11.9. The number of esters is 4. The minimum absolute atomic E-state index is 0.00985. The van der Waals surface area contributed by atoms with Crippen molar-refractivity contribution in [2.24, 2.45) is 40.4 Å². The summed E-state index contributed by atoms with van der Waals surface area (Å²) in [6, 6.07) is 0. The van der Waals surface area contributed by atoms with E-state index in [0.717, 1.165) is 16.7 Å². The van der Waals surface area contributed by atoms with E-state index in [1.54, 1.807) is 6.92 Å². The predicted molar refractivity (Wildman–Crippen MR) is 154 cm³/mol. The molecule has 0 aromatic heterocycles. The number of carbonyl (C=O) groups is 4. The third kappa shape index (κ3) is 4.20. The Labute approximate surface area is 253 Å². The maximum Gasteiger partial charge on any atom is 0.334 e. The Morgan fingerprint density at radius 2 is 1.88 bits per heavy atom. The third-order valence-corrected chi connectivity index (χ3v) is 11.9. The first-order valence-corrected chi connectivity index (χ1v) is 15.7. The van der Waals surface area contributed by atoms with Crippen molar-refractivity contribution in [2.45, 2.75) is 104 Å². The van der Waals surface area contributed by atoms with Crippen molar-refractivity contribution < 1.29 is 43.2 Å². The second kappa shape index (κ2) is 10.0. The van der Waals surface area contributed by atoms with E-state index >= 15 is 0 Å². The monoisotopic (exact) mass is 596 g/mol. The van der Waals surface area contributed by atoms with Crippen LogP contribution in [0.3, 0.4) is 0 Å². The van der Waals surface area contributed by atoms with Crippen molar-refractivity contribution in [3.63, 3.8) is 0 Å². The van der Waals surface area contributed by atoms with Crippen LogP contribution in [0.15, 0.2) is 34.9 Å². The Morgan fingerprint density at radius 1 is 1.16 bits per heavy atom. The Balaban J connectivity index is 1.42. The van der Waals surface area contributed by atoms with E-state index in [0.29, 0.717) is 44.3 Å². The van der Waals surface area contributed by atoms with Crippen molar-refractivity contribution in [3.05, 3.63) is 34.9 Å². The van der Waals surface area contributed by atoms with Crippen molar-refractivity contribution in [1.82, 2.24) is 0 Å². The Kier molecular flexibility index (Phi) is 7.03. The highest BCUT2D eigenvalue weighted by Gasteiger charge is 2.78. The second-order valence-corrected chi connectivity index (χ2v) is 14.3. The lowest BCUT2D eigenvalue weighted by atomic mass is 9.56. The van der Waals surface area contributed by atoms with Crippen LogP contribution in [0, 0.1) is 40.4 Å². The summed E-state index contributed by atoms with van der Waals surface area (Å²) < 4.78 is 23.2. The predicted octanol–water partition coefficient (Wildman–Crippen LogP) is 4.37. The van der Waals surface area contributed by atoms with E-state index in [2.05, 4.69) is 33.4 Å². The maximum atomic E-state index is 14.2. The molecule has 2 bridgehead atoms. The van der Waals surface area contributed by atoms with Crippen LogP contribution in [0.2, 0.25) is 0 Å². The number of hydrogen-bond acceptors (Lipinski definition) is 9. The van der Waals surface area contributed by atoms with E-state index < -0.39 is 28.6 Å². The van der Waals surface area contributed by atoms with Crippen LogP contribution in [-0.2, 0) is 38.1 Å². The van der Waals surface area contributed by atoms with Gasteiger partial charge >= 0.3 is 23.9 Å². The van der Waals surface area contributed by atoms with Gasteiger partial charge in [-0.25, -0.2) is 4.79 Å². The molecule has 11 atom stereocenters. The lowest BCUT2D eigenvalue weighted by Crippen LogP contribution is -2.47. The van der Waals surface area contributed by atoms with Gasteiger partial charge in [-0.1, -0.05) is 37.6 Å². The molecule has 1 N–H and O–H groups in total. The highest BCUT2D eigenvalue weighted by molar-refractivity contribution is 5.91. The quantitative estimate of drug-likeness (QED) is 0.156. The Hall–Kier alpha value is -2.94. The zero-order chi connectivity index (χ0) is 31.2. The van der Waals surface area contributed by atoms with Gasteiger partial charge in [0.1, 0.15) is 18.3 Å². The zero-order valence-corrected chi connectivity index (χ0v) is 26.1.